The molecular formula is C13H18N2O3. The van der Waals surface area contributed by atoms with Gasteiger partial charge in [-0.15, -0.1) is 0 Å². The van der Waals surface area contributed by atoms with Crippen molar-refractivity contribution in [3.05, 3.63) is 30.1 Å². The van der Waals surface area contributed by atoms with Crippen LogP contribution in [0.15, 0.2) is 24.5 Å². The van der Waals surface area contributed by atoms with Crippen molar-refractivity contribution in [1.82, 2.24) is 9.88 Å². The average Bonchev–Trinajstić information content (AvgIpc) is 2.41. The third-order valence-corrected chi connectivity index (χ3v) is 3.20. The number of morpholine rings is 1. The Bertz CT molecular complexity index is 377. The lowest BCUT2D eigenvalue weighted by Gasteiger charge is -2.31. The van der Waals surface area contributed by atoms with Crippen molar-refractivity contribution in [2.24, 2.45) is 0 Å². The van der Waals surface area contributed by atoms with E-state index in [0.29, 0.717) is 32.7 Å². The largest absolute Gasteiger partial charge is 0.480 e. The van der Waals surface area contributed by atoms with Crippen LogP contribution in [0, 0.1) is 0 Å². The lowest BCUT2D eigenvalue weighted by molar-refractivity contribution is -0.145. The highest BCUT2D eigenvalue weighted by molar-refractivity contribution is 5.73. The van der Waals surface area contributed by atoms with Gasteiger partial charge in [0.15, 0.2) is 0 Å². The second kappa shape index (κ2) is 6.47. The lowest BCUT2D eigenvalue weighted by Crippen LogP contribution is -2.47. The summed E-state index contributed by atoms with van der Waals surface area (Å²) in [6.07, 6.45) is 4.86. The van der Waals surface area contributed by atoms with Gasteiger partial charge in [0, 0.05) is 25.5 Å². The van der Waals surface area contributed by atoms with Gasteiger partial charge in [-0.25, -0.2) is 0 Å². The zero-order valence-electron chi connectivity index (χ0n) is 10.3. The SMILES string of the molecule is O=C(O)C(CCc1cccnc1)N1CCOCC1. The zero-order valence-corrected chi connectivity index (χ0v) is 10.3. The molecule has 5 heteroatoms. The van der Waals surface area contributed by atoms with Crippen molar-refractivity contribution in [2.45, 2.75) is 18.9 Å². The molecule has 1 atom stereocenters. The highest BCUT2D eigenvalue weighted by Crippen LogP contribution is 2.11. The van der Waals surface area contributed by atoms with Gasteiger partial charge in [0.05, 0.1) is 13.2 Å². The smallest absolute Gasteiger partial charge is 0.320 e. The number of rotatable bonds is 5. The van der Waals surface area contributed by atoms with Crippen LogP contribution in [0.5, 0.6) is 0 Å². The molecule has 1 fully saturated rings. The first-order valence-electron chi connectivity index (χ1n) is 6.21. The number of carbonyl (C=O) groups is 1. The van der Waals surface area contributed by atoms with Crippen molar-refractivity contribution >= 4 is 5.97 Å². The number of hydrogen-bond acceptors (Lipinski definition) is 4. The van der Waals surface area contributed by atoms with Crippen LogP contribution in [-0.2, 0) is 16.0 Å². The molecule has 0 aliphatic carbocycles. The standard InChI is InChI=1S/C13H18N2O3/c16-13(17)12(15-6-8-18-9-7-15)4-3-11-2-1-5-14-10-11/h1-2,5,10,12H,3-4,6-9H2,(H,16,17). The Balaban J connectivity index is 1.92. The van der Waals surface area contributed by atoms with Gasteiger partial charge in [-0.3, -0.25) is 14.7 Å². The average molecular weight is 250 g/mol. The lowest BCUT2D eigenvalue weighted by atomic mass is 10.1. The van der Waals surface area contributed by atoms with Gasteiger partial charge in [0.25, 0.3) is 0 Å². The molecule has 1 aromatic rings. The van der Waals surface area contributed by atoms with Gasteiger partial charge < -0.3 is 9.84 Å². The normalized spacial score (nSPS) is 18.4. The Labute approximate surface area is 106 Å². The van der Waals surface area contributed by atoms with Crippen LogP contribution in [0.2, 0.25) is 0 Å². The number of aliphatic carboxylic acids is 1. The molecule has 98 valence electrons. The second-order valence-electron chi connectivity index (χ2n) is 4.40. The number of carboxylic acid groups (broad SMARTS) is 1. The van der Waals surface area contributed by atoms with E-state index in [1.807, 2.05) is 17.0 Å². The summed E-state index contributed by atoms with van der Waals surface area (Å²) in [6, 6.07) is 3.43. The fourth-order valence-corrected chi connectivity index (χ4v) is 2.20. The van der Waals surface area contributed by atoms with E-state index in [1.54, 1.807) is 12.4 Å². The number of nitrogens with zero attached hydrogens (tertiary/aromatic N) is 2. The van der Waals surface area contributed by atoms with Crippen LogP contribution in [0.4, 0.5) is 0 Å². The predicted molar refractivity (Wildman–Crippen MR) is 66.4 cm³/mol. The maximum absolute atomic E-state index is 11.3. The Morgan fingerprint density at radius 1 is 1.50 bits per heavy atom. The molecule has 1 aliphatic heterocycles. The van der Waals surface area contributed by atoms with Crippen molar-refractivity contribution in [3.8, 4) is 0 Å². The molecule has 1 aliphatic rings. The highest BCUT2D eigenvalue weighted by Gasteiger charge is 2.26. The van der Waals surface area contributed by atoms with Crippen LogP contribution in [0.1, 0.15) is 12.0 Å². The van der Waals surface area contributed by atoms with Crippen LogP contribution in [0.3, 0.4) is 0 Å². The minimum atomic E-state index is -0.749. The number of hydrogen-bond donors (Lipinski definition) is 1. The van der Waals surface area contributed by atoms with Gasteiger partial charge >= 0.3 is 5.97 Å². The molecule has 5 nitrogen and oxygen atoms in total. The summed E-state index contributed by atoms with van der Waals surface area (Å²) in [5.74, 6) is -0.749. The van der Waals surface area contributed by atoms with E-state index in [-0.39, 0.29) is 0 Å². The van der Waals surface area contributed by atoms with Crippen LogP contribution < -0.4 is 0 Å². The van der Waals surface area contributed by atoms with E-state index >= 15 is 0 Å². The summed E-state index contributed by atoms with van der Waals surface area (Å²) in [6.45, 7) is 2.64. The molecule has 0 aromatic carbocycles. The summed E-state index contributed by atoms with van der Waals surface area (Å²) in [4.78, 5) is 17.3. The molecule has 1 aromatic heterocycles. The van der Waals surface area contributed by atoms with Crippen LogP contribution >= 0.6 is 0 Å². The van der Waals surface area contributed by atoms with Gasteiger partial charge in [-0.1, -0.05) is 6.07 Å². The topological polar surface area (TPSA) is 62.7 Å². The molecule has 18 heavy (non-hydrogen) atoms. The predicted octanol–water partition coefficient (Wildman–Crippen LogP) is 0.800. The Hall–Kier alpha value is -1.46. The molecule has 1 saturated heterocycles. The minimum absolute atomic E-state index is 0.422. The van der Waals surface area contributed by atoms with Gasteiger partial charge in [-0.05, 0) is 24.5 Å². The molecular weight excluding hydrogens is 232 g/mol. The summed E-state index contributed by atoms with van der Waals surface area (Å²) >= 11 is 0. The fraction of sp³-hybridized carbons (Fsp3) is 0.538. The molecule has 0 amide bonds. The molecule has 2 rings (SSSR count). The van der Waals surface area contributed by atoms with Gasteiger partial charge in [-0.2, -0.15) is 0 Å². The van der Waals surface area contributed by atoms with E-state index in [4.69, 9.17) is 4.74 Å². The molecule has 1 N–H and O–H groups in total. The number of aryl methyl sites for hydroxylation is 1. The van der Waals surface area contributed by atoms with Crippen LogP contribution in [0.25, 0.3) is 0 Å². The first-order chi connectivity index (χ1) is 8.77. The highest BCUT2D eigenvalue weighted by atomic mass is 16.5. The molecule has 0 radical (unpaired) electrons. The fourth-order valence-electron chi connectivity index (χ4n) is 2.20. The quantitative estimate of drug-likeness (QED) is 0.837. The summed E-state index contributed by atoms with van der Waals surface area (Å²) in [7, 11) is 0. The van der Waals surface area contributed by atoms with Crippen LogP contribution in [-0.4, -0.2) is 53.3 Å². The maximum atomic E-state index is 11.3. The Morgan fingerprint density at radius 2 is 2.28 bits per heavy atom. The molecule has 1 unspecified atom stereocenters. The molecule has 2 heterocycles. The monoisotopic (exact) mass is 250 g/mol. The minimum Gasteiger partial charge on any atom is -0.480 e. The van der Waals surface area contributed by atoms with Crippen molar-refractivity contribution in [3.63, 3.8) is 0 Å². The van der Waals surface area contributed by atoms with E-state index in [9.17, 15) is 9.90 Å². The third kappa shape index (κ3) is 3.51. The first kappa shape index (κ1) is 13.0. The van der Waals surface area contributed by atoms with Crippen molar-refractivity contribution < 1.29 is 14.6 Å². The number of aromatic nitrogens is 1. The van der Waals surface area contributed by atoms with Gasteiger partial charge in [0.1, 0.15) is 6.04 Å². The van der Waals surface area contributed by atoms with E-state index in [1.165, 1.54) is 0 Å². The summed E-state index contributed by atoms with van der Waals surface area (Å²) < 4.78 is 5.25. The van der Waals surface area contributed by atoms with E-state index in [0.717, 1.165) is 12.0 Å². The number of carboxylic acids is 1. The molecule has 0 spiro atoms. The van der Waals surface area contributed by atoms with Crippen molar-refractivity contribution in [1.29, 1.82) is 0 Å². The van der Waals surface area contributed by atoms with E-state index < -0.39 is 12.0 Å². The Kier molecular flexibility index (Phi) is 4.66. The molecule has 0 bridgehead atoms. The van der Waals surface area contributed by atoms with E-state index in [2.05, 4.69) is 4.98 Å². The zero-order chi connectivity index (χ0) is 12.8. The first-order valence-corrected chi connectivity index (χ1v) is 6.21. The second-order valence-corrected chi connectivity index (χ2v) is 4.40. The third-order valence-electron chi connectivity index (χ3n) is 3.20. The van der Waals surface area contributed by atoms with Crippen molar-refractivity contribution in [2.75, 3.05) is 26.3 Å². The molecule has 0 saturated carbocycles. The Morgan fingerprint density at radius 3 is 2.89 bits per heavy atom. The summed E-state index contributed by atoms with van der Waals surface area (Å²) in [5, 5.41) is 9.31. The number of ether oxygens (including phenoxy) is 1. The number of pyridine rings is 1. The maximum Gasteiger partial charge on any atom is 0.320 e. The van der Waals surface area contributed by atoms with Gasteiger partial charge in [0.2, 0.25) is 0 Å². The summed E-state index contributed by atoms with van der Waals surface area (Å²) in [5.41, 5.74) is 1.08.